The average molecular weight is 490 g/mol. The summed E-state index contributed by atoms with van der Waals surface area (Å²) in [6.07, 6.45) is 4.40. The number of carbonyl (C=O) groups excluding carboxylic acids is 2. The van der Waals surface area contributed by atoms with Crippen molar-refractivity contribution >= 4 is 21.8 Å². The van der Waals surface area contributed by atoms with Gasteiger partial charge in [0.1, 0.15) is 11.8 Å². The van der Waals surface area contributed by atoms with Gasteiger partial charge in [0.25, 0.3) is 0 Å². The number of hydrogen-bond acceptors (Lipinski definition) is 5. The zero-order valence-electron chi connectivity index (χ0n) is 20.0. The molecule has 0 aliphatic heterocycles. The van der Waals surface area contributed by atoms with Crippen molar-refractivity contribution in [2.75, 3.05) is 6.54 Å². The maximum Gasteiger partial charge on any atom is 0.243 e. The highest BCUT2D eigenvalue weighted by Gasteiger charge is 2.31. The van der Waals surface area contributed by atoms with Gasteiger partial charge in [0, 0.05) is 12.5 Å². The lowest BCUT2D eigenvalue weighted by molar-refractivity contribution is -0.133. The number of amides is 2. The summed E-state index contributed by atoms with van der Waals surface area (Å²) < 4.78 is 33.0. The van der Waals surface area contributed by atoms with Crippen LogP contribution in [-0.2, 0) is 26.2 Å². The Balaban J connectivity index is 1.45. The minimum atomic E-state index is -3.54. The Kier molecular flexibility index (Phi) is 8.90. The smallest absolute Gasteiger partial charge is 0.243 e. The van der Waals surface area contributed by atoms with Crippen LogP contribution in [0.2, 0.25) is 0 Å². The highest BCUT2D eigenvalue weighted by Crippen LogP contribution is 2.29. The Morgan fingerprint density at radius 3 is 2.32 bits per heavy atom. The Labute approximate surface area is 201 Å². The highest BCUT2D eigenvalue weighted by atomic mass is 32.2. The lowest BCUT2D eigenvalue weighted by Crippen LogP contribution is -2.51. The topological polar surface area (TPSA) is 118 Å². The van der Waals surface area contributed by atoms with E-state index in [1.54, 1.807) is 42.7 Å². The van der Waals surface area contributed by atoms with Crippen LogP contribution in [-0.4, -0.2) is 32.8 Å². The van der Waals surface area contributed by atoms with Crippen LogP contribution < -0.4 is 15.4 Å². The third kappa shape index (κ3) is 7.17. The number of hydrogen-bond donors (Lipinski definition) is 3. The summed E-state index contributed by atoms with van der Waals surface area (Å²) in [7, 11) is -3.54. The van der Waals surface area contributed by atoms with Crippen LogP contribution in [0.15, 0.2) is 52.0 Å². The molecule has 34 heavy (non-hydrogen) atoms. The van der Waals surface area contributed by atoms with Crippen molar-refractivity contribution < 1.29 is 22.4 Å². The van der Waals surface area contributed by atoms with E-state index in [0.717, 1.165) is 18.4 Å². The van der Waals surface area contributed by atoms with Crippen LogP contribution in [0, 0.1) is 24.7 Å². The van der Waals surface area contributed by atoms with E-state index >= 15 is 0 Å². The van der Waals surface area contributed by atoms with Crippen molar-refractivity contribution in [3.05, 3.63) is 54.0 Å². The Bertz CT molecular complexity index is 1040. The zero-order valence-corrected chi connectivity index (χ0v) is 20.9. The number of rotatable bonds is 10. The number of benzene rings is 1. The second kappa shape index (κ2) is 11.7. The molecule has 1 unspecified atom stereocenters. The van der Waals surface area contributed by atoms with Crippen LogP contribution >= 0.6 is 0 Å². The molecule has 3 rings (SSSR count). The fourth-order valence-corrected chi connectivity index (χ4v) is 5.28. The number of nitrogens with one attached hydrogen (secondary N) is 3. The van der Waals surface area contributed by atoms with Crippen molar-refractivity contribution in [2.24, 2.45) is 17.8 Å². The fraction of sp³-hybridized carbons (Fsp3) is 0.520. The molecule has 1 saturated carbocycles. The molecule has 1 atom stereocenters. The Morgan fingerprint density at radius 2 is 1.74 bits per heavy atom. The molecular formula is C25H35N3O5S. The van der Waals surface area contributed by atoms with Gasteiger partial charge in [-0.15, -0.1) is 0 Å². The van der Waals surface area contributed by atoms with E-state index in [1.807, 2.05) is 20.8 Å². The molecule has 1 aromatic heterocycles. The third-order valence-electron chi connectivity index (χ3n) is 6.37. The first kappa shape index (κ1) is 26.0. The summed E-state index contributed by atoms with van der Waals surface area (Å²) in [5.74, 6) is 0.238. The van der Waals surface area contributed by atoms with Gasteiger partial charge in [0.15, 0.2) is 0 Å². The lowest BCUT2D eigenvalue weighted by Gasteiger charge is -2.30. The molecule has 9 heteroatoms. The number of carbonyl (C=O) groups is 2. The first-order chi connectivity index (χ1) is 16.2. The van der Waals surface area contributed by atoms with E-state index in [2.05, 4.69) is 15.4 Å². The van der Waals surface area contributed by atoms with Gasteiger partial charge < -0.3 is 15.1 Å². The van der Waals surface area contributed by atoms with Gasteiger partial charge in [-0.3, -0.25) is 9.59 Å². The lowest BCUT2D eigenvalue weighted by atomic mass is 9.81. The molecular weight excluding hydrogens is 454 g/mol. The van der Waals surface area contributed by atoms with Crippen molar-refractivity contribution in [2.45, 2.75) is 63.9 Å². The van der Waals surface area contributed by atoms with Crippen LogP contribution in [0.25, 0.3) is 0 Å². The molecule has 2 aromatic rings. The van der Waals surface area contributed by atoms with E-state index in [9.17, 15) is 18.0 Å². The first-order valence-corrected chi connectivity index (χ1v) is 13.3. The van der Waals surface area contributed by atoms with Crippen molar-refractivity contribution in [1.29, 1.82) is 0 Å². The molecule has 1 aromatic carbocycles. The summed E-state index contributed by atoms with van der Waals surface area (Å²) >= 11 is 0. The van der Waals surface area contributed by atoms with Gasteiger partial charge >= 0.3 is 0 Å². The van der Waals surface area contributed by atoms with E-state index in [4.69, 9.17) is 4.42 Å². The summed E-state index contributed by atoms with van der Waals surface area (Å²) in [5, 5.41) is 5.74. The van der Waals surface area contributed by atoms with Gasteiger partial charge in [0.05, 0.1) is 17.7 Å². The summed E-state index contributed by atoms with van der Waals surface area (Å²) in [4.78, 5) is 25.8. The molecule has 3 N–H and O–H groups in total. The van der Waals surface area contributed by atoms with Crippen LogP contribution in [0.4, 0.5) is 0 Å². The predicted octanol–water partition coefficient (Wildman–Crippen LogP) is 3.13. The second-order valence-corrected chi connectivity index (χ2v) is 11.2. The number of aryl methyl sites for hydroxylation is 1. The van der Waals surface area contributed by atoms with Gasteiger partial charge in [-0.25, -0.2) is 13.1 Å². The van der Waals surface area contributed by atoms with Gasteiger partial charge in [-0.05, 0) is 68.7 Å². The Hall–Kier alpha value is -2.65. The van der Waals surface area contributed by atoms with Crippen LogP contribution in [0.5, 0.6) is 0 Å². The molecule has 8 nitrogen and oxygen atoms in total. The normalized spacial score (nSPS) is 19.5. The molecule has 0 saturated heterocycles. The van der Waals surface area contributed by atoms with E-state index in [0.29, 0.717) is 25.1 Å². The van der Waals surface area contributed by atoms with Crippen molar-refractivity contribution in [3.63, 3.8) is 0 Å². The zero-order chi connectivity index (χ0) is 24.7. The van der Waals surface area contributed by atoms with E-state index in [-0.39, 0.29) is 41.0 Å². The highest BCUT2D eigenvalue weighted by molar-refractivity contribution is 7.89. The minimum absolute atomic E-state index is 0.0620. The molecule has 0 radical (unpaired) electrons. The molecule has 1 fully saturated rings. The van der Waals surface area contributed by atoms with Crippen molar-refractivity contribution in [3.8, 4) is 0 Å². The predicted molar refractivity (Wildman–Crippen MR) is 129 cm³/mol. The summed E-state index contributed by atoms with van der Waals surface area (Å²) in [6.45, 7) is 6.33. The summed E-state index contributed by atoms with van der Waals surface area (Å²) in [6, 6.07) is 9.68. The molecule has 0 spiro atoms. The standard InChI is InChI=1S/C25H35N3O5S/c1-17(2)23(25(30)26-16-21-5-4-14-33-21)28-24(29)20-10-8-19(9-11-20)15-27-34(31,32)22-12-6-18(3)7-13-22/h4-7,12-14,17,19-20,23,27H,8-11,15-16H2,1-3H3,(H,26,30)(H,28,29). The van der Waals surface area contributed by atoms with Crippen LogP contribution in [0.3, 0.4) is 0 Å². The quantitative estimate of drug-likeness (QED) is 0.474. The summed E-state index contributed by atoms with van der Waals surface area (Å²) in [5.41, 5.74) is 1.00. The van der Waals surface area contributed by atoms with Gasteiger partial charge in [0.2, 0.25) is 21.8 Å². The molecule has 1 aliphatic rings. The Morgan fingerprint density at radius 1 is 1.06 bits per heavy atom. The van der Waals surface area contributed by atoms with E-state index < -0.39 is 16.1 Å². The number of sulfonamides is 1. The first-order valence-electron chi connectivity index (χ1n) is 11.8. The third-order valence-corrected chi connectivity index (χ3v) is 7.81. The van der Waals surface area contributed by atoms with E-state index in [1.165, 1.54) is 0 Å². The van der Waals surface area contributed by atoms with Gasteiger partial charge in [-0.2, -0.15) is 0 Å². The van der Waals surface area contributed by atoms with Crippen molar-refractivity contribution in [1.82, 2.24) is 15.4 Å². The molecule has 1 heterocycles. The molecule has 2 amide bonds. The maximum atomic E-state index is 12.9. The van der Waals surface area contributed by atoms with Crippen LogP contribution in [0.1, 0.15) is 50.9 Å². The average Bonchev–Trinajstić information content (AvgIpc) is 3.34. The molecule has 1 aliphatic carbocycles. The molecule has 186 valence electrons. The second-order valence-electron chi connectivity index (χ2n) is 9.41. The number of furan rings is 1. The fourth-order valence-electron chi connectivity index (χ4n) is 4.16. The monoisotopic (exact) mass is 489 g/mol. The van der Waals surface area contributed by atoms with Gasteiger partial charge in [-0.1, -0.05) is 31.5 Å². The largest absolute Gasteiger partial charge is 0.467 e. The molecule has 0 bridgehead atoms. The maximum absolute atomic E-state index is 12.9. The minimum Gasteiger partial charge on any atom is -0.467 e. The SMILES string of the molecule is Cc1ccc(S(=O)(=O)NCC2CCC(C(=O)NC(C(=O)NCc3ccco3)C(C)C)CC2)cc1.